The van der Waals surface area contributed by atoms with Gasteiger partial charge in [0.05, 0.1) is 12.0 Å². The van der Waals surface area contributed by atoms with Crippen LogP contribution < -0.4 is 0 Å². The molecule has 5 heteroatoms. The second-order valence-corrected chi connectivity index (χ2v) is 3.73. The third kappa shape index (κ3) is 1.74. The lowest BCUT2D eigenvalue weighted by Crippen LogP contribution is -2.10. The van der Waals surface area contributed by atoms with Gasteiger partial charge in [-0.15, -0.1) is 0 Å². The molecule has 0 amide bonds. The quantitative estimate of drug-likeness (QED) is 0.803. The SMILES string of the molecule is Cc1oc(C2CCOC2C)nc1C(=O)O. The zero-order valence-electron chi connectivity index (χ0n) is 8.69. The molecule has 5 nitrogen and oxygen atoms in total. The van der Waals surface area contributed by atoms with E-state index in [1.54, 1.807) is 6.92 Å². The second kappa shape index (κ2) is 3.66. The Morgan fingerprint density at radius 1 is 1.60 bits per heavy atom. The van der Waals surface area contributed by atoms with E-state index >= 15 is 0 Å². The third-order valence-electron chi connectivity index (χ3n) is 2.71. The highest BCUT2D eigenvalue weighted by molar-refractivity contribution is 5.86. The predicted octanol–water partition coefficient (Wildman–Crippen LogP) is 1.57. The number of aromatic carboxylic acids is 1. The summed E-state index contributed by atoms with van der Waals surface area (Å²) in [5.41, 5.74) is 0.00380. The first-order valence-corrected chi connectivity index (χ1v) is 4.92. The number of ether oxygens (including phenoxy) is 1. The molecule has 1 N–H and O–H groups in total. The van der Waals surface area contributed by atoms with Crippen molar-refractivity contribution in [2.24, 2.45) is 0 Å². The van der Waals surface area contributed by atoms with Crippen LogP contribution in [0.1, 0.15) is 41.4 Å². The fraction of sp³-hybridized carbons (Fsp3) is 0.600. The summed E-state index contributed by atoms with van der Waals surface area (Å²) in [6, 6.07) is 0. The first-order chi connectivity index (χ1) is 7.09. The van der Waals surface area contributed by atoms with Crippen LogP contribution in [-0.2, 0) is 4.74 Å². The fourth-order valence-corrected chi connectivity index (χ4v) is 1.83. The number of oxazole rings is 1. The van der Waals surface area contributed by atoms with Gasteiger partial charge in [-0.05, 0) is 20.3 Å². The summed E-state index contributed by atoms with van der Waals surface area (Å²) >= 11 is 0. The normalized spacial score (nSPS) is 25.7. The average molecular weight is 211 g/mol. The van der Waals surface area contributed by atoms with Gasteiger partial charge in [-0.3, -0.25) is 0 Å². The van der Waals surface area contributed by atoms with Gasteiger partial charge in [-0.25, -0.2) is 9.78 Å². The molecule has 0 radical (unpaired) electrons. The van der Waals surface area contributed by atoms with E-state index in [1.165, 1.54) is 0 Å². The van der Waals surface area contributed by atoms with Crippen LogP contribution in [0.4, 0.5) is 0 Å². The summed E-state index contributed by atoms with van der Waals surface area (Å²) in [7, 11) is 0. The van der Waals surface area contributed by atoms with E-state index in [9.17, 15) is 4.79 Å². The Kier molecular flexibility index (Phi) is 2.48. The van der Waals surface area contributed by atoms with E-state index in [2.05, 4.69) is 4.98 Å². The zero-order valence-corrected chi connectivity index (χ0v) is 8.69. The maximum Gasteiger partial charge on any atom is 0.358 e. The van der Waals surface area contributed by atoms with Crippen molar-refractivity contribution < 1.29 is 19.1 Å². The van der Waals surface area contributed by atoms with Crippen molar-refractivity contribution >= 4 is 5.97 Å². The Balaban J connectivity index is 2.29. The van der Waals surface area contributed by atoms with Gasteiger partial charge in [0.2, 0.25) is 5.89 Å². The number of rotatable bonds is 2. The Morgan fingerprint density at radius 3 is 2.80 bits per heavy atom. The van der Waals surface area contributed by atoms with Crippen LogP contribution in [0.15, 0.2) is 4.42 Å². The van der Waals surface area contributed by atoms with Crippen LogP contribution >= 0.6 is 0 Å². The highest BCUT2D eigenvalue weighted by atomic mass is 16.5. The maximum absolute atomic E-state index is 10.8. The lowest BCUT2D eigenvalue weighted by Gasteiger charge is -2.08. The minimum atomic E-state index is -1.05. The van der Waals surface area contributed by atoms with Gasteiger partial charge >= 0.3 is 5.97 Å². The van der Waals surface area contributed by atoms with E-state index in [0.717, 1.165) is 6.42 Å². The molecule has 1 aromatic heterocycles. The molecule has 15 heavy (non-hydrogen) atoms. The van der Waals surface area contributed by atoms with Gasteiger partial charge in [-0.2, -0.15) is 0 Å². The maximum atomic E-state index is 10.8. The minimum absolute atomic E-state index is 0.00380. The van der Waals surface area contributed by atoms with Crippen LogP contribution in [0.5, 0.6) is 0 Å². The highest BCUT2D eigenvalue weighted by Gasteiger charge is 2.31. The molecule has 2 heterocycles. The molecule has 2 rings (SSSR count). The van der Waals surface area contributed by atoms with E-state index < -0.39 is 5.97 Å². The van der Waals surface area contributed by atoms with E-state index in [4.69, 9.17) is 14.3 Å². The van der Waals surface area contributed by atoms with Gasteiger partial charge in [-0.1, -0.05) is 0 Å². The lowest BCUT2D eigenvalue weighted by molar-refractivity contribution is 0.0689. The molecule has 1 fully saturated rings. The summed E-state index contributed by atoms with van der Waals surface area (Å²) < 4.78 is 10.7. The molecule has 0 spiro atoms. The fourth-order valence-electron chi connectivity index (χ4n) is 1.83. The van der Waals surface area contributed by atoms with Gasteiger partial charge in [0.25, 0.3) is 0 Å². The molecule has 1 aliphatic rings. The number of aryl methyl sites for hydroxylation is 1. The van der Waals surface area contributed by atoms with E-state index in [1.807, 2.05) is 6.92 Å². The number of hydrogen-bond acceptors (Lipinski definition) is 4. The van der Waals surface area contributed by atoms with Crippen LogP contribution in [0.3, 0.4) is 0 Å². The predicted molar refractivity (Wildman–Crippen MR) is 51.0 cm³/mol. The van der Waals surface area contributed by atoms with Crippen LogP contribution in [0.25, 0.3) is 0 Å². The summed E-state index contributed by atoms with van der Waals surface area (Å²) in [6.45, 7) is 4.23. The molecule has 1 aromatic rings. The van der Waals surface area contributed by atoms with Crippen molar-refractivity contribution in [3.05, 3.63) is 17.3 Å². The van der Waals surface area contributed by atoms with Gasteiger partial charge in [0.15, 0.2) is 5.69 Å². The number of carbonyl (C=O) groups is 1. The van der Waals surface area contributed by atoms with Gasteiger partial charge in [0.1, 0.15) is 5.76 Å². The molecule has 2 unspecified atom stereocenters. The smallest absolute Gasteiger partial charge is 0.358 e. The largest absolute Gasteiger partial charge is 0.476 e. The zero-order chi connectivity index (χ0) is 11.0. The Bertz CT molecular complexity index is 385. The van der Waals surface area contributed by atoms with E-state index in [0.29, 0.717) is 18.3 Å². The molecule has 2 atom stereocenters. The van der Waals surface area contributed by atoms with Crippen molar-refractivity contribution in [2.75, 3.05) is 6.61 Å². The summed E-state index contributed by atoms with van der Waals surface area (Å²) in [5.74, 6) is -0.127. The van der Waals surface area contributed by atoms with Crippen LogP contribution in [0.2, 0.25) is 0 Å². The number of nitrogens with zero attached hydrogens (tertiary/aromatic N) is 1. The van der Waals surface area contributed by atoms with Crippen molar-refractivity contribution in [1.29, 1.82) is 0 Å². The standard InChI is InChI=1S/C10H13NO4/c1-5-7(3-4-14-5)9-11-8(10(12)13)6(2)15-9/h5,7H,3-4H2,1-2H3,(H,12,13). The summed E-state index contributed by atoms with van der Waals surface area (Å²) in [4.78, 5) is 14.8. The topological polar surface area (TPSA) is 72.6 Å². The molecule has 82 valence electrons. The van der Waals surface area contributed by atoms with Crippen molar-refractivity contribution in [1.82, 2.24) is 4.98 Å². The lowest BCUT2D eigenvalue weighted by atomic mass is 10.0. The summed E-state index contributed by atoms with van der Waals surface area (Å²) in [5, 5.41) is 8.83. The van der Waals surface area contributed by atoms with Crippen LogP contribution in [-0.4, -0.2) is 28.8 Å². The van der Waals surface area contributed by atoms with Crippen molar-refractivity contribution in [3.8, 4) is 0 Å². The van der Waals surface area contributed by atoms with Gasteiger partial charge < -0.3 is 14.3 Å². The number of carboxylic acids is 1. The third-order valence-corrected chi connectivity index (χ3v) is 2.71. The number of carboxylic acid groups (broad SMARTS) is 1. The molecule has 0 aromatic carbocycles. The minimum Gasteiger partial charge on any atom is -0.476 e. The molecule has 0 bridgehead atoms. The molecule has 1 aliphatic heterocycles. The van der Waals surface area contributed by atoms with Gasteiger partial charge in [0, 0.05) is 6.61 Å². The van der Waals surface area contributed by atoms with Crippen molar-refractivity contribution in [3.63, 3.8) is 0 Å². The Hall–Kier alpha value is -1.36. The Morgan fingerprint density at radius 2 is 2.33 bits per heavy atom. The number of hydrogen-bond donors (Lipinski definition) is 1. The molecule has 0 saturated carbocycles. The first-order valence-electron chi connectivity index (χ1n) is 4.92. The molecule has 0 aliphatic carbocycles. The van der Waals surface area contributed by atoms with E-state index in [-0.39, 0.29) is 17.7 Å². The average Bonchev–Trinajstić information content (AvgIpc) is 2.71. The first kappa shape index (κ1) is 10.2. The summed E-state index contributed by atoms with van der Waals surface area (Å²) in [6.07, 6.45) is 0.880. The highest BCUT2D eigenvalue weighted by Crippen LogP contribution is 2.31. The monoisotopic (exact) mass is 211 g/mol. The molecular formula is C10H13NO4. The van der Waals surface area contributed by atoms with Crippen LogP contribution in [0, 0.1) is 6.92 Å². The second-order valence-electron chi connectivity index (χ2n) is 3.73. The molecule has 1 saturated heterocycles. The number of aromatic nitrogens is 1. The Labute approximate surface area is 87.1 Å². The molecular weight excluding hydrogens is 198 g/mol. The van der Waals surface area contributed by atoms with Crippen molar-refractivity contribution in [2.45, 2.75) is 32.3 Å².